The number of anilines is 1. The molecule has 2 aliphatic heterocycles. The van der Waals surface area contributed by atoms with E-state index >= 15 is 0 Å². The monoisotopic (exact) mass is 526 g/mol. The van der Waals surface area contributed by atoms with Gasteiger partial charge in [-0.05, 0) is 24.0 Å². The standard InChI is InChI=1S/C21H30N6S.HI/c1-2-19(27-9-7-17-5-3-4-6-18(17)16-27)15-24-20(22)25-10-12-26(13-11-25)21-23-8-14-28-21;/h3-6,8,14,19H,2,7,9-13,15-16H2,1H3,(H2,22,24);1H. The number of aliphatic imine (C=N–C) groups is 1. The maximum Gasteiger partial charge on any atom is 0.191 e. The smallest absolute Gasteiger partial charge is 0.191 e. The van der Waals surface area contributed by atoms with Gasteiger partial charge < -0.3 is 15.5 Å². The second-order valence-corrected chi connectivity index (χ2v) is 8.41. The van der Waals surface area contributed by atoms with Gasteiger partial charge in [0.1, 0.15) is 0 Å². The summed E-state index contributed by atoms with van der Waals surface area (Å²) in [6, 6.07) is 9.25. The molecule has 0 aliphatic carbocycles. The fraction of sp³-hybridized carbons (Fsp3) is 0.524. The molecule has 8 heteroatoms. The zero-order valence-electron chi connectivity index (χ0n) is 17.0. The Morgan fingerprint density at radius 2 is 1.93 bits per heavy atom. The van der Waals surface area contributed by atoms with Gasteiger partial charge in [-0.3, -0.25) is 9.89 Å². The molecule has 2 N–H and O–H groups in total. The van der Waals surface area contributed by atoms with Crippen LogP contribution in [0.1, 0.15) is 24.5 Å². The van der Waals surface area contributed by atoms with E-state index in [1.54, 1.807) is 11.3 Å². The van der Waals surface area contributed by atoms with Gasteiger partial charge in [0, 0.05) is 56.9 Å². The molecule has 158 valence electrons. The highest BCUT2D eigenvalue weighted by molar-refractivity contribution is 14.0. The summed E-state index contributed by atoms with van der Waals surface area (Å²) in [5.74, 6) is 0.689. The van der Waals surface area contributed by atoms with E-state index in [0.29, 0.717) is 12.0 Å². The highest BCUT2D eigenvalue weighted by Gasteiger charge is 2.23. The molecule has 0 amide bonds. The molecule has 4 rings (SSSR count). The van der Waals surface area contributed by atoms with Crippen molar-refractivity contribution < 1.29 is 0 Å². The molecular weight excluding hydrogens is 495 g/mol. The lowest BCUT2D eigenvalue weighted by Gasteiger charge is -2.36. The minimum Gasteiger partial charge on any atom is -0.370 e. The van der Waals surface area contributed by atoms with Crippen LogP contribution in [0.25, 0.3) is 0 Å². The lowest BCUT2D eigenvalue weighted by atomic mass is 9.98. The molecule has 29 heavy (non-hydrogen) atoms. The minimum atomic E-state index is 0. The van der Waals surface area contributed by atoms with Crippen LogP contribution in [0, 0.1) is 0 Å². The van der Waals surface area contributed by atoms with Crippen LogP contribution in [0.4, 0.5) is 5.13 Å². The highest BCUT2D eigenvalue weighted by atomic mass is 127. The van der Waals surface area contributed by atoms with Gasteiger partial charge in [0.15, 0.2) is 11.1 Å². The lowest BCUT2D eigenvalue weighted by molar-refractivity contribution is 0.178. The normalized spacial score (nSPS) is 18.9. The molecule has 0 bridgehead atoms. The van der Waals surface area contributed by atoms with E-state index in [4.69, 9.17) is 10.7 Å². The number of hydrogen-bond acceptors (Lipinski definition) is 5. The maximum absolute atomic E-state index is 6.35. The third-order valence-electron chi connectivity index (χ3n) is 5.91. The fourth-order valence-electron chi connectivity index (χ4n) is 4.13. The van der Waals surface area contributed by atoms with Crippen LogP contribution < -0.4 is 10.6 Å². The number of piperazine rings is 1. The molecule has 1 unspecified atom stereocenters. The van der Waals surface area contributed by atoms with Crippen molar-refractivity contribution >= 4 is 46.4 Å². The van der Waals surface area contributed by atoms with Crippen LogP contribution in [0.5, 0.6) is 0 Å². The summed E-state index contributed by atoms with van der Waals surface area (Å²) < 4.78 is 0. The van der Waals surface area contributed by atoms with Crippen molar-refractivity contribution in [1.82, 2.24) is 14.8 Å². The molecule has 2 aliphatic rings. The molecule has 3 heterocycles. The molecule has 1 aromatic carbocycles. The van der Waals surface area contributed by atoms with E-state index in [9.17, 15) is 0 Å². The number of halogens is 1. The Labute approximate surface area is 194 Å². The predicted molar refractivity (Wildman–Crippen MR) is 132 cm³/mol. The van der Waals surface area contributed by atoms with Crippen molar-refractivity contribution in [3.05, 3.63) is 47.0 Å². The third-order valence-corrected chi connectivity index (χ3v) is 6.74. The van der Waals surface area contributed by atoms with Gasteiger partial charge in [-0.2, -0.15) is 0 Å². The van der Waals surface area contributed by atoms with Crippen molar-refractivity contribution in [2.45, 2.75) is 32.4 Å². The van der Waals surface area contributed by atoms with Crippen LogP contribution in [0.3, 0.4) is 0 Å². The first kappa shape index (κ1) is 22.3. The van der Waals surface area contributed by atoms with Gasteiger partial charge in [-0.1, -0.05) is 31.2 Å². The Morgan fingerprint density at radius 3 is 2.62 bits per heavy atom. The number of aromatic nitrogens is 1. The molecule has 2 aromatic rings. The van der Waals surface area contributed by atoms with E-state index in [-0.39, 0.29) is 24.0 Å². The predicted octanol–water partition coefficient (Wildman–Crippen LogP) is 3.03. The summed E-state index contributed by atoms with van der Waals surface area (Å²) in [6.07, 6.45) is 4.09. The summed E-state index contributed by atoms with van der Waals surface area (Å²) >= 11 is 1.70. The number of nitrogens with zero attached hydrogens (tertiary/aromatic N) is 5. The van der Waals surface area contributed by atoms with E-state index < -0.39 is 0 Å². The molecular formula is C21H31IN6S. The third kappa shape index (κ3) is 5.40. The average Bonchev–Trinajstić information content (AvgIpc) is 3.29. The number of thiazole rings is 1. The fourth-order valence-corrected chi connectivity index (χ4v) is 4.83. The number of nitrogens with two attached hydrogens (primary N) is 1. The molecule has 1 aromatic heterocycles. The second kappa shape index (κ2) is 10.6. The summed E-state index contributed by atoms with van der Waals surface area (Å²) in [5, 5.41) is 3.13. The molecule has 0 saturated carbocycles. The number of hydrogen-bond donors (Lipinski definition) is 1. The first-order chi connectivity index (χ1) is 13.7. The second-order valence-electron chi connectivity index (χ2n) is 7.54. The van der Waals surface area contributed by atoms with Crippen LogP contribution >= 0.6 is 35.3 Å². The molecule has 0 spiro atoms. The summed E-state index contributed by atoms with van der Waals surface area (Å²) in [4.78, 5) is 16.3. The van der Waals surface area contributed by atoms with E-state index in [2.05, 4.69) is 50.9 Å². The van der Waals surface area contributed by atoms with Crippen molar-refractivity contribution in [2.75, 3.05) is 44.2 Å². The van der Waals surface area contributed by atoms with Crippen LogP contribution in [-0.2, 0) is 13.0 Å². The van der Waals surface area contributed by atoms with E-state index in [1.165, 1.54) is 11.1 Å². The molecule has 1 fully saturated rings. The zero-order chi connectivity index (χ0) is 19.3. The number of guanidine groups is 1. The number of fused-ring (bicyclic) bond motifs is 1. The van der Waals surface area contributed by atoms with Gasteiger partial charge >= 0.3 is 0 Å². The highest BCUT2D eigenvalue weighted by Crippen LogP contribution is 2.22. The Balaban J connectivity index is 0.00000240. The Morgan fingerprint density at radius 1 is 1.17 bits per heavy atom. The first-order valence-electron chi connectivity index (χ1n) is 10.2. The largest absolute Gasteiger partial charge is 0.370 e. The van der Waals surface area contributed by atoms with Gasteiger partial charge in [0.05, 0.1) is 6.54 Å². The molecule has 6 nitrogen and oxygen atoms in total. The SMILES string of the molecule is CCC(CN=C(N)N1CCN(c2nccs2)CC1)N1CCc2ccccc2C1.I. The topological polar surface area (TPSA) is 61.0 Å². The zero-order valence-corrected chi connectivity index (χ0v) is 20.2. The Hall–Kier alpha value is -1.39. The molecule has 0 radical (unpaired) electrons. The van der Waals surface area contributed by atoms with Crippen LogP contribution in [0.15, 0.2) is 40.8 Å². The Bertz CT molecular complexity index is 788. The summed E-state index contributed by atoms with van der Waals surface area (Å²) in [7, 11) is 0. The van der Waals surface area contributed by atoms with Gasteiger partial charge in [0.2, 0.25) is 0 Å². The van der Waals surface area contributed by atoms with Crippen molar-refractivity contribution in [3.63, 3.8) is 0 Å². The van der Waals surface area contributed by atoms with E-state index in [0.717, 1.165) is 63.8 Å². The number of benzene rings is 1. The average molecular weight is 526 g/mol. The molecule has 1 saturated heterocycles. The Kier molecular flexibility index (Phi) is 8.14. The van der Waals surface area contributed by atoms with Crippen LogP contribution in [-0.4, -0.2) is 66.1 Å². The van der Waals surface area contributed by atoms with Gasteiger partial charge in [-0.25, -0.2) is 4.98 Å². The summed E-state index contributed by atoms with van der Waals surface area (Å²) in [5.41, 5.74) is 9.30. The lowest BCUT2D eigenvalue weighted by Crippen LogP contribution is -2.51. The minimum absolute atomic E-state index is 0. The maximum atomic E-state index is 6.35. The van der Waals surface area contributed by atoms with Crippen molar-refractivity contribution in [1.29, 1.82) is 0 Å². The summed E-state index contributed by atoms with van der Waals surface area (Å²) in [6.45, 7) is 8.87. The van der Waals surface area contributed by atoms with Gasteiger partial charge in [-0.15, -0.1) is 35.3 Å². The van der Waals surface area contributed by atoms with Crippen molar-refractivity contribution in [2.24, 2.45) is 10.7 Å². The quantitative estimate of drug-likeness (QED) is 0.369. The first-order valence-corrected chi connectivity index (χ1v) is 11.1. The number of rotatable bonds is 5. The molecule has 1 atom stereocenters. The van der Waals surface area contributed by atoms with E-state index in [1.807, 2.05) is 11.6 Å². The van der Waals surface area contributed by atoms with Gasteiger partial charge in [0.25, 0.3) is 0 Å². The van der Waals surface area contributed by atoms with Crippen LogP contribution in [0.2, 0.25) is 0 Å². The van der Waals surface area contributed by atoms with Crippen molar-refractivity contribution in [3.8, 4) is 0 Å².